The van der Waals surface area contributed by atoms with Gasteiger partial charge in [0.2, 0.25) is 5.91 Å². The Morgan fingerprint density at radius 1 is 0.969 bits per heavy atom. The summed E-state index contributed by atoms with van der Waals surface area (Å²) in [5.41, 5.74) is 4.90. The van der Waals surface area contributed by atoms with Crippen molar-refractivity contribution in [3.8, 4) is 0 Å². The number of carbonyl (C=O) groups excluding carboxylic acids is 2. The summed E-state index contributed by atoms with van der Waals surface area (Å²) in [7, 11) is 0. The van der Waals surface area contributed by atoms with E-state index in [0.29, 0.717) is 12.0 Å². The number of benzene rings is 3. The molecule has 0 saturated carbocycles. The molecule has 1 heterocycles. The topological polar surface area (TPSA) is 40.6 Å². The van der Waals surface area contributed by atoms with Gasteiger partial charge in [0, 0.05) is 43.0 Å². The highest BCUT2D eigenvalue weighted by atomic mass is 16.2. The van der Waals surface area contributed by atoms with E-state index in [1.54, 1.807) is 23.1 Å². The highest BCUT2D eigenvalue weighted by Gasteiger charge is 2.21. The first-order valence-corrected chi connectivity index (χ1v) is 11.2. The van der Waals surface area contributed by atoms with Gasteiger partial charge in [-0.15, -0.1) is 0 Å². The first kappa shape index (κ1) is 21.6. The van der Waals surface area contributed by atoms with Crippen LogP contribution in [0.4, 0.5) is 11.4 Å². The maximum Gasteiger partial charge on any atom is 0.227 e. The molecule has 0 atom stereocenters. The maximum absolute atomic E-state index is 12.6. The van der Waals surface area contributed by atoms with E-state index in [1.807, 2.05) is 36.4 Å². The normalized spacial score (nSPS) is 13.7. The van der Waals surface area contributed by atoms with Gasteiger partial charge in [0.25, 0.3) is 0 Å². The summed E-state index contributed by atoms with van der Waals surface area (Å²) in [5, 5.41) is 0. The SMILES string of the molecule is CCN(Cc1ccccc1)c1ccc(/C=C/C(=O)c2ccc(N3CCCC3=O)cc2)cc1. The number of anilines is 2. The van der Waals surface area contributed by atoms with Gasteiger partial charge >= 0.3 is 0 Å². The Bertz CT molecular complexity index is 1090. The summed E-state index contributed by atoms with van der Waals surface area (Å²) < 4.78 is 0. The average molecular weight is 425 g/mol. The number of ketones is 1. The molecule has 4 nitrogen and oxygen atoms in total. The summed E-state index contributed by atoms with van der Waals surface area (Å²) in [6, 6.07) is 26.0. The molecule has 162 valence electrons. The van der Waals surface area contributed by atoms with Crippen LogP contribution in [0.3, 0.4) is 0 Å². The Morgan fingerprint density at radius 3 is 2.31 bits per heavy atom. The molecular weight excluding hydrogens is 396 g/mol. The molecule has 3 aromatic rings. The Kier molecular flexibility index (Phi) is 6.81. The average Bonchev–Trinajstić information content (AvgIpc) is 3.28. The van der Waals surface area contributed by atoms with Gasteiger partial charge in [-0.05, 0) is 66.9 Å². The molecule has 1 aliphatic heterocycles. The Morgan fingerprint density at radius 2 is 1.69 bits per heavy atom. The van der Waals surface area contributed by atoms with Crippen LogP contribution in [0.15, 0.2) is 84.9 Å². The van der Waals surface area contributed by atoms with E-state index in [1.165, 1.54) is 5.56 Å². The molecule has 3 aromatic carbocycles. The molecule has 0 aromatic heterocycles. The molecule has 1 saturated heterocycles. The van der Waals surface area contributed by atoms with E-state index in [2.05, 4.69) is 48.2 Å². The third-order valence-electron chi connectivity index (χ3n) is 5.82. The fourth-order valence-electron chi connectivity index (χ4n) is 3.98. The van der Waals surface area contributed by atoms with Gasteiger partial charge < -0.3 is 9.80 Å². The van der Waals surface area contributed by atoms with Gasteiger partial charge in [-0.2, -0.15) is 0 Å². The maximum atomic E-state index is 12.6. The van der Waals surface area contributed by atoms with Crippen molar-refractivity contribution in [1.29, 1.82) is 0 Å². The van der Waals surface area contributed by atoms with E-state index >= 15 is 0 Å². The van der Waals surface area contributed by atoms with Crippen LogP contribution in [0, 0.1) is 0 Å². The molecule has 1 amide bonds. The van der Waals surface area contributed by atoms with E-state index < -0.39 is 0 Å². The zero-order valence-corrected chi connectivity index (χ0v) is 18.4. The number of nitrogens with zero attached hydrogens (tertiary/aromatic N) is 2. The summed E-state index contributed by atoms with van der Waals surface area (Å²) in [5.74, 6) is 0.102. The lowest BCUT2D eigenvalue weighted by molar-refractivity contribution is -0.117. The monoisotopic (exact) mass is 424 g/mol. The zero-order valence-electron chi connectivity index (χ0n) is 18.4. The van der Waals surface area contributed by atoms with E-state index in [0.717, 1.165) is 43.0 Å². The lowest BCUT2D eigenvalue weighted by Crippen LogP contribution is -2.23. The quantitative estimate of drug-likeness (QED) is 0.342. The predicted molar refractivity (Wildman–Crippen MR) is 131 cm³/mol. The van der Waals surface area contributed by atoms with Gasteiger partial charge in [0.15, 0.2) is 5.78 Å². The van der Waals surface area contributed by atoms with Gasteiger partial charge in [-0.1, -0.05) is 48.5 Å². The second-order valence-corrected chi connectivity index (χ2v) is 7.98. The van der Waals surface area contributed by atoms with E-state index in [4.69, 9.17) is 0 Å². The van der Waals surface area contributed by atoms with Crippen LogP contribution in [-0.2, 0) is 11.3 Å². The van der Waals surface area contributed by atoms with Crippen LogP contribution >= 0.6 is 0 Å². The first-order valence-electron chi connectivity index (χ1n) is 11.2. The number of rotatable bonds is 8. The molecule has 0 bridgehead atoms. The van der Waals surface area contributed by atoms with Crippen molar-refractivity contribution in [2.24, 2.45) is 0 Å². The predicted octanol–water partition coefficient (Wildman–Crippen LogP) is 5.74. The third-order valence-corrected chi connectivity index (χ3v) is 5.82. The minimum absolute atomic E-state index is 0.0485. The highest BCUT2D eigenvalue weighted by molar-refractivity contribution is 6.07. The molecule has 0 aliphatic carbocycles. The lowest BCUT2D eigenvalue weighted by atomic mass is 10.1. The Hall–Kier alpha value is -3.66. The second kappa shape index (κ2) is 10.1. The standard InChI is InChI=1S/C28H28N2O2/c1-2-29(21-23-7-4-3-5-8-23)25-15-10-22(11-16-25)12-19-27(31)24-13-17-26(18-14-24)30-20-6-9-28(30)32/h3-5,7-8,10-19H,2,6,9,20-21H2,1H3/b19-12+. The van der Waals surface area contributed by atoms with Crippen LogP contribution in [-0.4, -0.2) is 24.8 Å². The van der Waals surface area contributed by atoms with Crippen molar-refractivity contribution in [3.05, 3.63) is 102 Å². The van der Waals surface area contributed by atoms with Crippen molar-refractivity contribution in [2.75, 3.05) is 22.9 Å². The summed E-state index contributed by atoms with van der Waals surface area (Å²) in [4.78, 5) is 28.5. The van der Waals surface area contributed by atoms with Crippen LogP contribution in [0.25, 0.3) is 6.08 Å². The molecule has 0 unspecified atom stereocenters. The van der Waals surface area contributed by atoms with E-state index in [-0.39, 0.29) is 11.7 Å². The van der Waals surface area contributed by atoms with Crippen LogP contribution < -0.4 is 9.80 Å². The Balaban J connectivity index is 1.38. The molecule has 4 heteroatoms. The summed E-state index contributed by atoms with van der Waals surface area (Å²) in [6.07, 6.45) is 4.94. The summed E-state index contributed by atoms with van der Waals surface area (Å²) in [6.45, 7) is 4.69. The van der Waals surface area contributed by atoms with Crippen molar-refractivity contribution in [2.45, 2.75) is 26.3 Å². The first-order chi connectivity index (χ1) is 15.6. The number of hydrogen-bond acceptors (Lipinski definition) is 3. The van der Waals surface area contributed by atoms with Gasteiger partial charge in [0.05, 0.1) is 0 Å². The fourth-order valence-corrected chi connectivity index (χ4v) is 3.98. The largest absolute Gasteiger partial charge is 0.367 e. The zero-order chi connectivity index (χ0) is 22.3. The highest BCUT2D eigenvalue weighted by Crippen LogP contribution is 2.22. The number of hydrogen-bond donors (Lipinski definition) is 0. The molecule has 1 aliphatic rings. The fraction of sp³-hybridized carbons (Fsp3) is 0.214. The smallest absolute Gasteiger partial charge is 0.227 e. The van der Waals surface area contributed by atoms with E-state index in [9.17, 15) is 9.59 Å². The van der Waals surface area contributed by atoms with Crippen molar-refractivity contribution in [1.82, 2.24) is 0 Å². The molecule has 0 radical (unpaired) electrons. The Labute approximate surface area is 189 Å². The van der Waals surface area contributed by atoms with Crippen LogP contribution in [0.5, 0.6) is 0 Å². The molecule has 1 fully saturated rings. The molecule has 4 rings (SSSR count). The molecule has 32 heavy (non-hydrogen) atoms. The van der Waals surface area contributed by atoms with Crippen molar-refractivity contribution >= 4 is 29.1 Å². The van der Waals surface area contributed by atoms with Crippen LogP contribution in [0.1, 0.15) is 41.3 Å². The second-order valence-electron chi connectivity index (χ2n) is 7.98. The molecule has 0 spiro atoms. The van der Waals surface area contributed by atoms with Crippen molar-refractivity contribution in [3.63, 3.8) is 0 Å². The molecule has 0 N–H and O–H groups in total. The number of allylic oxidation sites excluding steroid dienone is 1. The lowest BCUT2D eigenvalue weighted by Gasteiger charge is -2.23. The minimum atomic E-state index is -0.0485. The van der Waals surface area contributed by atoms with Gasteiger partial charge in [-0.3, -0.25) is 9.59 Å². The summed E-state index contributed by atoms with van der Waals surface area (Å²) >= 11 is 0. The molecular formula is C28H28N2O2. The number of carbonyl (C=O) groups is 2. The third kappa shape index (κ3) is 5.14. The van der Waals surface area contributed by atoms with Gasteiger partial charge in [-0.25, -0.2) is 0 Å². The minimum Gasteiger partial charge on any atom is -0.367 e. The van der Waals surface area contributed by atoms with Gasteiger partial charge in [0.1, 0.15) is 0 Å². The van der Waals surface area contributed by atoms with Crippen molar-refractivity contribution < 1.29 is 9.59 Å². The number of amides is 1. The van der Waals surface area contributed by atoms with Crippen LogP contribution in [0.2, 0.25) is 0 Å².